The number of hydrogen-bond donors (Lipinski definition) is 1. The van der Waals surface area contributed by atoms with E-state index in [1.807, 2.05) is 12.1 Å². The number of rotatable bonds is 2. The molecule has 5 nitrogen and oxygen atoms in total. The molecule has 0 aliphatic heterocycles. The molecule has 0 saturated carbocycles. The van der Waals surface area contributed by atoms with E-state index in [2.05, 4.69) is 41.4 Å². The average molecular weight is 205 g/mol. The van der Waals surface area contributed by atoms with Gasteiger partial charge in [0.05, 0.1) is 6.54 Å². The Hall–Kier alpha value is -1.49. The highest BCUT2D eigenvalue weighted by Crippen LogP contribution is 2.03. The highest BCUT2D eigenvalue weighted by atomic mass is 15.4. The van der Waals surface area contributed by atoms with Crippen LogP contribution in [0.2, 0.25) is 0 Å². The molecule has 0 aliphatic carbocycles. The van der Waals surface area contributed by atoms with Gasteiger partial charge in [-0.15, -0.1) is 10.2 Å². The number of aromatic nitrogens is 4. The molecule has 2 rings (SSSR count). The maximum Gasteiger partial charge on any atom is 0.177 e. The Bertz CT molecular complexity index is 454. The van der Waals surface area contributed by atoms with Crippen LogP contribution in [0.15, 0.2) is 18.3 Å². The number of fused-ring (bicyclic) bond motifs is 1. The average Bonchev–Trinajstić information content (AvgIpc) is 2.57. The molecule has 0 unspecified atom stereocenters. The van der Waals surface area contributed by atoms with Gasteiger partial charge in [0.2, 0.25) is 0 Å². The van der Waals surface area contributed by atoms with Crippen molar-refractivity contribution in [2.45, 2.75) is 32.9 Å². The summed E-state index contributed by atoms with van der Waals surface area (Å²) in [5.74, 6) is 0.834. The Morgan fingerprint density at radius 3 is 2.87 bits per heavy atom. The first-order valence-corrected chi connectivity index (χ1v) is 4.97. The molecule has 2 aromatic heterocycles. The summed E-state index contributed by atoms with van der Waals surface area (Å²) in [5.41, 5.74) is 0.851. The number of hydrogen-bond acceptors (Lipinski definition) is 4. The first kappa shape index (κ1) is 10.0. The topological polar surface area (TPSA) is 55.1 Å². The molecule has 2 aromatic rings. The third kappa shape index (κ3) is 2.30. The van der Waals surface area contributed by atoms with Crippen LogP contribution in [0.5, 0.6) is 0 Å². The van der Waals surface area contributed by atoms with Crippen molar-refractivity contribution < 1.29 is 0 Å². The van der Waals surface area contributed by atoms with Crippen LogP contribution in [0.4, 0.5) is 0 Å². The molecule has 0 bridgehead atoms. The summed E-state index contributed by atoms with van der Waals surface area (Å²) in [4.78, 5) is 0. The summed E-state index contributed by atoms with van der Waals surface area (Å²) in [6.07, 6.45) is 1.73. The Kier molecular flexibility index (Phi) is 2.40. The van der Waals surface area contributed by atoms with Gasteiger partial charge in [-0.05, 0) is 32.9 Å². The van der Waals surface area contributed by atoms with Crippen molar-refractivity contribution in [2.24, 2.45) is 0 Å². The van der Waals surface area contributed by atoms with Crippen LogP contribution in [-0.2, 0) is 6.54 Å². The minimum atomic E-state index is 0.0701. The predicted molar refractivity (Wildman–Crippen MR) is 57.4 cm³/mol. The zero-order chi connectivity index (χ0) is 10.9. The molecule has 0 atom stereocenters. The molecule has 2 heterocycles. The van der Waals surface area contributed by atoms with Crippen molar-refractivity contribution in [3.05, 3.63) is 24.2 Å². The highest BCUT2D eigenvalue weighted by molar-refractivity contribution is 5.34. The lowest BCUT2D eigenvalue weighted by Gasteiger charge is -2.19. The van der Waals surface area contributed by atoms with Gasteiger partial charge in [-0.2, -0.15) is 9.61 Å². The first-order chi connectivity index (χ1) is 7.06. The fourth-order valence-electron chi connectivity index (χ4n) is 1.24. The number of nitrogens with zero attached hydrogens (tertiary/aromatic N) is 4. The third-order valence-electron chi connectivity index (χ3n) is 2.02. The van der Waals surface area contributed by atoms with Gasteiger partial charge in [-0.3, -0.25) is 0 Å². The van der Waals surface area contributed by atoms with E-state index in [1.165, 1.54) is 0 Å². The molecule has 0 saturated heterocycles. The van der Waals surface area contributed by atoms with E-state index >= 15 is 0 Å². The Balaban J connectivity index is 2.22. The molecule has 80 valence electrons. The first-order valence-electron chi connectivity index (χ1n) is 4.97. The SMILES string of the molecule is CC(C)(C)NCc1nnc2cccnn12. The summed E-state index contributed by atoms with van der Waals surface area (Å²) < 4.78 is 1.75. The highest BCUT2D eigenvalue weighted by Gasteiger charge is 2.11. The van der Waals surface area contributed by atoms with E-state index in [0.29, 0.717) is 6.54 Å². The Morgan fingerprint density at radius 1 is 1.33 bits per heavy atom. The Morgan fingerprint density at radius 2 is 2.13 bits per heavy atom. The monoisotopic (exact) mass is 205 g/mol. The van der Waals surface area contributed by atoms with Gasteiger partial charge in [-0.1, -0.05) is 0 Å². The van der Waals surface area contributed by atoms with Gasteiger partial charge in [0.25, 0.3) is 0 Å². The minimum Gasteiger partial charge on any atom is -0.305 e. The second kappa shape index (κ2) is 3.58. The van der Waals surface area contributed by atoms with Gasteiger partial charge in [-0.25, -0.2) is 0 Å². The fourth-order valence-corrected chi connectivity index (χ4v) is 1.24. The molecular formula is C10H15N5. The Labute approximate surface area is 88.5 Å². The van der Waals surface area contributed by atoms with Crippen LogP contribution in [0.1, 0.15) is 26.6 Å². The zero-order valence-corrected chi connectivity index (χ0v) is 9.23. The van der Waals surface area contributed by atoms with Crippen molar-refractivity contribution in [3.8, 4) is 0 Å². The molecule has 0 aliphatic rings. The molecule has 5 heteroatoms. The predicted octanol–water partition coefficient (Wildman–Crippen LogP) is 1.01. The molecule has 0 aromatic carbocycles. The van der Waals surface area contributed by atoms with Crippen molar-refractivity contribution in [1.82, 2.24) is 25.1 Å². The fraction of sp³-hybridized carbons (Fsp3) is 0.500. The molecule has 0 fully saturated rings. The lowest BCUT2D eigenvalue weighted by Crippen LogP contribution is -2.35. The smallest absolute Gasteiger partial charge is 0.177 e. The van der Waals surface area contributed by atoms with Crippen molar-refractivity contribution in [2.75, 3.05) is 0 Å². The summed E-state index contributed by atoms with van der Waals surface area (Å²) in [7, 11) is 0. The maximum atomic E-state index is 4.19. The maximum absolute atomic E-state index is 4.19. The summed E-state index contributed by atoms with van der Waals surface area (Å²) in [6.45, 7) is 7.01. The third-order valence-corrected chi connectivity index (χ3v) is 2.02. The lowest BCUT2D eigenvalue weighted by atomic mass is 10.1. The standard InChI is InChI=1S/C10H15N5/c1-10(2,3)11-7-9-14-13-8-5-4-6-12-15(8)9/h4-6,11H,7H2,1-3H3. The number of nitrogens with one attached hydrogen (secondary N) is 1. The van der Waals surface area contributed by atoms with E-state index in [-0.39, 0.29) is 5.54 Å². The lowest BCUT2D eigenvalue weighted by molar-refractivity contribution is 0.415. The second-order valence-electron chi connectivity index (χ2n) is 4.51. The van der Waals surface area contributed by atoms with Gasteiger partial charge < -0.3 is 5.32 Å². The molecule has 0 amide bonds. The normalized spacial score (nSPS) is 12.2. The van der Waals surface area contributed by atoms with Gasteiger partial charge in [0, 0.05) is 11.7 Å². The van der Waals surface area contributed by atoms with Crippen LogP contribution in [-0.4, -0.2) is 25.4 Å². The van der Waals surface area contributed by atoms with Crippen molar-refractivity contribution >= 4 is 5.65 Å². The van der Waals surface area contributed by atoms with Crippen LogP contribution in [0.3, 0.4) is 0 Å². The molecule has 0 spiro atoms. The summed E-state index contributed by atoms with van der Waals surface area (Å²) in [6, 6.07) is 3.74. The largest absolute Gasteiger partial charge is 0.305 e. The van der Waals surface area contributed by atoms with Crippen LogP contribution in [0, 0.1) is 0 Å². The van der Waals surface area contributed by atoms with E-state index in [4.69, 9.17) is 0 Å². The van der Waals surface area contributed by atoms with E-state index in [1.54, 1.807) is 10.7 Å². The van der Waals surface area contributed by atoms with E-state index in [0.717, 1.165) is 11.5 Å². The van der Waals surface area contributed by atoms with E-state index < -0.39 is 0 Å². The molecule has 15 heavy (non-hydrogen) atoms. The van der Waals surface area contributed by atoms with Crippen LogP contribution >= 0.6 is 0 Å². The van der Waals surface area contributed by atoms with E-state index in [9.17, 15) is 0 Å². The van der Waals surface area contributed by atoms with Gasteiger partial charge in [0.1, 0.15) is 0 Å². The quantitative estimate of drug-likeness (QED) is 0.795. The molecular weight excluding hydrogens is 190 g/mol. The molecule has 0 radical (unpaired) electrons. The van der Waals surface area contributed by atoms with Gasteiger partial charge >= 0.3 is 0 Å². The van der Waals surface area contributed by atoms with Crippen LogP contribution < -0.4 is 5.32 Å². The zero-order valence-electron chi connectivity index (χ0n) is 9.23. The van der Waals surface area contributed by atoms with Gasteiger partial charge in [0.15, 0.2) is 11.5 Å². The summed E-state index contributed by atoms with van der Waals surface area (Å²) in [5, 5.41) is 15.7. The van der Waals surface area contributed by atoms with Crippen LogP contribution in [0.25, 0.3) is 5.65 Å². The molecule has 1 N–H and O–H groups in total. The summed E-state index contributed by atoms with van der Waals surface area (Å²) >= 11 is 0. The van der Waals surface area contributed by atoms with Crippen molar-refractivity contribution in [1.29, 1.82) is 0 Å². The van der Waals surface area contributed by atoms with Crippen molar-refractivity contribution in [3.63, 3.8) is 0 Å². The second-order valence-corrected chi connectivity index (χ2v) is 4.51. The minimum absolute atomic E-state index is 0.0701.